The van der Waals surface area contributed by atoms with Crippen LogP contribution < -0.4 is 9.64 Å². The highest BCUT2D eigenvalue weighted by molar-refractivity contribution is 6.51. The molecule has 0 saturated carbocycles. The van der Waals surface area contributed by atoms with E-state index in [0.717, 1.165) is 27.8 Å². The first-order valence-electron chi connectivity index (χ1n) is 11.4. The number of ether oxygens (including phenoxy) is 1. The van der Waals surface area contributed by atoms with Gasteiger partial charge in [0.05, 0.1) is 18.2 Å². The zero-order chi connectivity index (χ0) is 25.4. The minimum Gasteiger partial charge on any atom is -0.507 e. The first-order valence-corrected chi connectivity index (χ1v) is 11.4. The van der Waals surface area contributed by atoms with Crippen LogP contribution in [0.3, 0.4) is 0 Å². The zero-order valence-corrected chi connectivity index (χ0v) is 19.2. The van der Waals surface area contributed by atoms with E-state index in [1.807, 2.05) is 37.3 Å². The molecule has 36 heavy (non-hydrogen) atoms. The van der Waals surface area contributed by atoms with Gasteiger partial charge in [-0.1, -0.05) is 42.5 Å². The summed E-state index contributed by atoms with van der Waals surface area (Å²) in [6.45, 7) is 2.31. The maximum Gasteiger partial charge on any atom is 0.300 e. The van der Waals surface area contributed by atoms with E-state index in [-0.39, 0.29) is 17.0 Å². The van der Waals surface area contributed by atoms with Gasteiger partial charge in [-0.25, -0.2) is 8.78 Å². The highest BCUT2D eigenvalue weighted by Gasteiger charge is 2.47. The SMILES string of the molecule is CCOc1ccc(/C(O)=C2/C(=O)C(=O)N(c3ccc(F)c(F)c3)C2c2cccc3ccccc23)cc1. The van der Waals surface area contributed by atoms with Gasteiger partial charge in [-0.2, -0.15) is 0 Å². The van der Waals surface area contributed by atoms with Gasteiger partial charge in [0, 0.05) is 17.3 Å². The molecule has 1 saturated heterocycles. The summed E-state index contributed by atoms with van der Waals surface area (Å²) in [5, 5.41) is 12.9. The van der Waals surface area contributed by atoms with Crippen molar-refractivity contribution in [1.29, 1.82) is 0 Å². The molecule has 1 unspecified atom stereocenters. The Labute approximate surface area is 205 Å². The lowest BCUT2D eigenvalue weighted by molar-refractivity contribution is -0.132. The molecule has 5 rings (SSSR count). The molecule has 0 aromatic heterocycles. The summed E-state index contributed by atoms with van der Waals surface area (Å²) >= 11 is 0. The standard InChI is InChI=1S/C29H21F2NO4/c1-2-36-20-13-10-18(11-14-20)27(33)25-26(22-9-5-7-17-6-3-4-8-21(17)22)32(29(35)28(25)34)19-12-15-23(30)24(31)16-19/h3-16,26,33H,2H2,1H3/b27-25-. The number of ketones is 1. The zero-order valence-electron chi connectivity index (χ0n) is 19.2. The molecule has 0 aliphatic carbocycles. The van der Waals surface area contributed by atoms with Crippen molar-refractivity contribution >= 4 is 33.9 Å². The van der Waals surface area contributed by atoms with Crippen molar-refractivity contribution in [2.45, 2.75) is 13.0 Å². The number of rotatable bonds is 5. The number of halogens is 2. The van der Waals surface area contributed by atoms with Crippen LogP contribution >= 0.6 is 0 Å². The number of carbonyl (C=O) groups excluding carboxylic acids is 2. The Balaban J connectivity index is 1.76. The number of benzene rings is 4. The van der Waals surface area contributed by atoms with Gasteiger partial charge in [0.2, 0.25) is 0 Å². The van der Waals surface area contributed by atoms with Crippen molar-refractivity contribution < 1.29 is 28.2 Å². The highest BCUT2D eigenvalue weighted by Crippen LogP contribution is 2.44. The molecule has 4 aromatic carbocycles. The van der Waals surface area contributed by atoms with Gasteiger partial charge in [-0.3, -0.25) is 14.5 Å². The van der Waals surface area contributed by atoms with Crippen LogP contribution in [-0.4, -0.2) is 23.4 Å². The van der Waals surface area contributed by atoms with Crippen LogP contribution in [0.4, 0.5) is 14.5 Å². The molecule has 1 fully saturated rings. The summed E-state index contributed by atoms with van der Waals surface area (Å²) in [6.07, 6.45) is 0. The predicted octanol–water partition coefficient (Wildman–Crippen LogP) is 6.14. The largest absolute Gasteiger partial charge is 0.507 e. The number of aliphatic hydroxyl groups excluding tert-OH is 1. The summed E-state index contributed by atoms with van der Waals surface area (Å²) in [5.41, 5.74) is 0.724. The molecule has 1 amide bonds. The van der Waals surface area contributed by atoms with Gasteiger partial charge in [0.1, 0.15) is 11.5 Å². The molecule has 1 heterocycles. The fourth-order valence-electron chi connectivity index (χ4n) is 4.55. The van der Waals surface area contributed by atoms with E-state index < -0.39 is 29.4 Å². The van der Waals surface area contributed by atoms with Gasteiger partial charge >= 0.3 is 0 Å². The summed E-state index contributed by atoms with van der Waals surface area (Å²) < 4.78 is 33.3. The molecule has 0 spiro atoms. The molecule has 180 valence electrons. The first-order chi connectivity index (χ1) is 17.4. The average molecular weight is 485 g/mol. The molecule has 1 aliphatic rings. The minimum absolute atomic E-state index is 0.000298. The molecule has 1 aliphatic heterocycles. The second kappa shape index (κ2) is 9.26. The van der Waals surface area contributed by atoms with E-state index in [0.29, 0.717) is 23.5 Å². The van der Waals surface area contributed by atoms with Crippen molar-refractivity contribution in [2.24, 2.45) is 0 Å². The third kappa shape index (κ3) is 3.88. The van der Waals surface area contributed by atoms with Crippen LogP contribution in [0.25, 0.3) is 16.5 Å². The predicted molar refractivity (Wildman–Crippen MR) is 133 cm³/mol. The van der Waals surface area contributed by atoms with Crippen LogP contribution in [0.2, 0.25) is 0 Å². The second-order valence-electron chi connectivity index (χ2n) is 8.29. The van der Waals surface area contributed by atoms with E-state index >= 15 is 0 Å². The number of Topliss-reactive ketones (excluding diaryl/α,β-unsaturated/α-hetero) is 1. The van der Waals surface area contributed by atoms with Gasteiger partial charge in [0.15, 0.2) is 11.6 Å². The molecule has 0 bridgehead atoms. The maximum absolute atomic E-state index is 14.2. The number of hydrogen-bond acceptors (Lipinski definition) is 4. The van der Waals surface area contributed by atoms with Crippen LogP contribution in [0.15, 0.2) is 90.5 Å². The Morgan fingerprint density at radius 2 is 1.64 bits per heavy atom. The number of amides is 1. The molecular formula is C29H21F2NO4. The number of fused-ring (bicyclic) bond motifs is 1. The molecule has 5 nitrogen and oxygen atoms in total. The summed E-state index contributed by atoms with van der Waals surface area (Å²) in [5.74, 6) is -3.90. The average Bonchev–Trinajstić information content (AvgIpc) is 3.15. The summed E-state index contributed by atoms with van der Waals surface area (Å²) in [6, 6.07) is 21.2. The molecule has 4 aromatic rings. The fourth-order valence-corrected chi connectivity index (χ4v) is 4.55. The molecular weight excluding hydrogens is 464 g/mol. The van der Waals surface area contributed by atoms with Crippen molar-refractivity contribution in [2.75, 3.05) is 11.5 Å². The monoisotopic (exact) mass is 485 g/mol. The molecule has 7 heteroatoms. The number of hydrogen-bond donors (Lipinski definition) is 1. The number of anilines is 1. The smallest absolute Gasteiger partial charge is 0.300 e. The Bertz CT molecular complexity index is 1520. The van der Waals surface area contributed by atoms with Gasteiger partial charge in [-0.15, -0.1) is 0 Å². The Kier molecular flexibility index (Phi) is 5.98. The highest BCUT2D eigenvalue weighted by atomic mass is 19.2. The number of aliphatic hydroxyl groups is 1. The summed E-state index contributed by atoms with van der Waals surface area (Å²) in [7, 11) is 0. The minimum atomic E-state index is -1.16. The maximum atomic E-state index is 14.2. The van der Waals surface area contributed by atoms with Crippen LogP contribution in [0, 0.1) is 11.6 Å². The van der Waals surface area contributed by atoms with Crippen molar-refractivity contribution in [3.05, 3.63) is 113 Å². The third-order valence-corrected chi connectivity index (χ3v) is 6.18. The van der Waals surface area contributed by atoms with Gasteiger partial charge < -0.3 is 9.84 Å². The molecule has 1 N–H and O–H groups in total. The lowest BCUT2D eigenvalue weighted by atomic mass is 9.91. The first kappa shape index (κ1) is 23.2. The van der Waals surface area contributed by atoms with E-state index in [2.05, 4.69) is 0 Å². The van der Waals surface area contributed by atoms with Crippen molar-refractivity contribution in [3.63, 3.8) is 0 Å². The van der Waals surface area contributed by atoms with Crippen LogP contribution in [-0.2, 0) is 9.59 Å². The van der Waals surface area contributed by atoms with E-state index in [1.54, 1.807) is 36.4 Å². The lowest BCUT2D eigenvalue weighted by Gasteiger charge is -2.26. The van der Waals surface area contributed by atoms with E-state index in [1.165, 1.54) is 6.07 Å². The fraction of sp³-hybridized carbons (Fsp3) is 0.103. The lowest BCUT2D eigenvalue weighted by Crippen LogP contribution is -2.29. The van der Waals surface area contributed by atoms with Crippen molar-refractivity contribution in [1.82, 2.24) is 0 Å². The van der Waals surface area contributed by atoms with Crippen molar-refractivity contribution in [3.8, 4) is 5.75 Å². The van der Waals surface area contributed by atoms with E-state index in [4.69, 9.17) is 4.74 Å². The quantitative estimate of drug-likeness (QED) is 0.209. The normalized spacial score (nSPS) is 17.1. The van der Waals surface area contributed by atoms with Gasteiger partial charge in [0.25, 0.3) is 11.7 Å². The van der Waals surface area contributed by atoms with E-state index in [9.17, 15) is 23.5 Å². The Morgan fingerprint density at radius 1 is 0.917 bits per heavy atom. The van der Waals surface area contributed by atoms with Gasteiger partial charge in [-0.05, 0) is 59.7 Å². The number of nitrogens with zero attached hydrogens (tertiary/aromatic N) is 1. The topological polar surface area (TPSA) is 66.8 Å². The third-order valence-electron chi connectivity index (χ3n) is 6.18. The Morgan fingerprint density at radius 3 is 2.36 bits per heavy atom. The summed E-state index contributed by atoms with van der Waals surface area (Å²) in [4.78, 5) is 27.7. The van der Waals surface area contributed by atoms with Crippen LogP contribution in [0.5, 0.6) is 5.75 Å². The number of carbonyl (C=O) groups is 2. The molecule has 0 radical (unpaired) electrons. The second-order valence-corrected chi connectivity index (χ2v) is 8.29. The van der Waals surface area contributed by atoms with Crippen LogP contribution in [0.1, 0.15) is 24.1 Å². The Hall–Kier alpha value is -4.52. The molecule has 1 atom stereocenters.